The molecule has 6 rings (SSSR count). The fourth-order valence-corrected chi connectivity index (χ4v) is 5.40. The Bertz CT molecular complexity index is 1600. The zero-order chi connectivity index (χ0) is 27.1. The Balaban J connectivity index is 1.52. The molecule has 2 aromatic carbocycles. The van der Waals surface area contributed by atoms with Crippen molar-refractivity contribution in [2.45, 2.75) is 45.9 Å². The molecule has 1 fully saturated rings. The van der Waals surface area contributed by atoms with Crippen molar-refractivity contribution in [1.29, 1.82) is 0 Å². The van der Waals surface area contributed by atoms with E-state index in [1.807, 2.05) is 32.2 Å². The summed E-state index contributed by atoms with van der Waals surface area (Å²) in [5.74, 6) is 2.28. The van der Waals surface area contributed by atoms with Gasteiger partial charge in [0.05, 0.1) is 41.2 Å². The fraction of sp³-hybridized carbons (Fsp3) is 0.333. The maximum absolute atomic E-state index is 10.3. The van der Waals surface area contributed by atoms with Gasteiger partial charge in [0.15, 0.2) is 5.82 Å². The van der Waals surface area contributed by atoms with E-state index >= 15 is 0 Å². The average molecular weight is 524 g/mol. The molecule has 0 aliphatic carbocycles. The van der Waals surface area contributed by atoms with Crippen LogP contribution in [0, 0.1) is 13.8 Å². The fourth-order valence-electron chi connectivity index (χ4n) is 5.40. The van der Waals surface area contributed by atoms with Crippen LogP contribution in [-0.4, -0.2) is 55.2 Å². The van der Waals surface area contributed by atoms with E-state index in [1.165, 1.54) is 5.56 Å². The highest BCUT2D eigenvalue weighted by Gasteiger charge is 2.28. The number of aryl methyl sites for hydroxylation is 2. The number of nitrogens with zero attached hydrogens (tertiary/aromatic N) is 6. The Hall–Kier alpha value is -4.08. The molecule has 0 amide bonds. The molecule has 5 aromatic rings. The van der Waals surface area contributed by atoms with Gasteiger partial charge in [-0.1, -0.05) is 41.6 Å². The van der Waals surface area contributed by atoms with Crippen LogP contribution in [0.25, 0.3) is 33.4 Å². The lowest BCUT2D eigenvalue weighted by Gasteiger charge is -2.38. The number of piperazine rings is 1. The predicted octanol–water partition coefficient (Wildman–Crippen LogP) is 4.69. The molecule has 0 unspecified atom stereocenters. The molecule has 0 bridgehead atoms. The predicted molar refractivity (Wildman–Crippen MR) is 151 cm³/mol. The van der Waals surface area contributed by atoms with Crippen molar-refractivity contribution in [1.82, 2.24) is 30.2 Å². The molecule has 1 aliphatic rings. The number of hydrogen-bond acceptors (Lipinski definition) is 8. The van der Waals surface area contributed by atoms with E-state index < -0.39 is 5.60 Å². The summed E-state index contributed by atoms with van der Waals surface area (Å²) >= 11 is 0. The molecule has 200 valence electrons. The lowest BCUT2D eigenvalue weighted by molar-refractivity contribution is 0.0577. The SMILES string of the molecule is Cc1noc(C)c1-c1ccc2nc(-c3cnn(CC(C)(C)O)c3)nc(N3CCNC[C@@H]3c3ccccc3)c2c1. The van der Waals surface area contributed by atoms with Gasteiger partial charge in [0.2, 0.25) is 0 Å². The Morgan fingerprint density at radius 2 is 1.90 bits per heavy atom. The number of rotatable bonds is 6. The Morgan fingerprint density at radius 1 is 1.08 bits per heavy atom. The van der Waals surface area contributed by atoms with E-state index in [-0.39, 0.29) is 6.04 Å². The summed E-state index contributed by atoms with van der Waals surface area (Å²) in [4.78, 5) is 12.5. The summed E-state index contributed by atoms with van der Waals surface area (Å²) in [6.07, 6.45) is 3.66. The molecule has 9 nitrogen and oxygen atoms in total. The van der Waals surface area contributed by atoms with Crippen LogP contribution in [0.1, 0.15) is 36.9 Å². The molecule has 1 aliphatic heterocycles. The van der Waals surface area contributed by atoms with Gasteiger partial charge in [-0.2, -0.15) is 5.10 Å². The second-order valence-electron chi connectivity index (χ2n) is 10.9. The largest absolute Gasteiger partial charge is 0.389 e. The van der Waals surface area contributed by atoms with Crippen molar-refractivity contribution < 1.29 is 9.63 Å². The summed E-state index contributed by atoms with van der Waals surface area (Å²) in [6, 6.07) is 16.9. The zero-order valence-corrected chi connectivity index (χ0v) is 22.7. The summed E-state index contributed by atoms with van der Waals surface area (Å²) in [5, 5.41) is 23.4. The van der Waals surface area contributed by atoms with Crippen LogP contribution < -0.4 is 10.2 Å². The van der Waals surface area contributed by atoms with Gasteiger partial charge in [-0.25, -0.2) is 9.97 Å². The number of hydrogen-bond donors (Lipinski definition) is 2. The number of nitrogens with one attached hydrogen (secondary N) is 1. The summed E-state index contributed by atoms with van der Waals surface area (Å²) in [5.41, 5.74) is 4.90. The Morgan fingerprint density at radius 3 is 2.64 bits per heavy atom. The molecule has 1 atom stereocenters. The maximum atomic E-state index is 10.3. The minimum absolute atomic E-state index is 0.117. The number of benzene rings is 2. The average Bonchev–Trinajstić information content (AvgIpc) is 3.52. The summed E-state index contributed by atoms with van der Waals surface area (Å²) in [6.45, 7) is 10.3. The third kappa shape index (κ3) is 5.03. The second kappa shape index (κ2) is 9.91. The maximum Gasteiger partial charge on any atom is 0.165 e. The van der Waals surface area contributed by atoms with Gasteiger partial charge < -0.3 is 19.8 Å². The van der Waals surface area contributed by atoms with Crippen LogP contribution >= 0.6 is 0 Å². The highest BCUT2D eigenvalue weighted by atomic mass is 16.5. The van der Waals surface area contributed by atoms with E-state index in [2.05, 4.69) is 56.9 Å². The van der Waals surface area contributed by atoms with Crippen molar-refractivity contribution in [3.8, 4) is 22.5 Å². The molecule has 0 spiro atoms. The first-order valence-corrected chi connectivity index (χ1v) is 13.3. The van der Waals surface area contributed by atoms with Crippen LogP contribution in [0.15, 0.2) is 65.4 Å². The van der Waals surface area contributed by atoms with Crippen molar-refractivity contribution >= 4 is 16.7 Å². The number of fused-ring (bicyclic) bond motifs is 1. The Labute approximate surface area is 227 Å². The molecule has 4 heterocycles. The quantitative estimate of drug-likeness (QED) is 0.330. The van der Waals surface area contributed by atoms with Crippen LogP contribution in [0.3, 0.4) is 0 Å². The minimum Gasteiger partial charge on any atom is -0.389 e. The van der Waals surface area contributed by atoms with Crippen LogP contribution in [0.4, 0.5) is 5.82 Å². The first-order valence-electron chi connectivity index (χ1n) is 13.3. The highest BCUT2D eigenvalue weighted by molar-refractivity contribution is 5.95. The molecule has 0 radical (unpaired) electrons. The van der Waals surface area contributed by atoms with Crippen LogP contribution in [0.2, 0.25) is 0 Å². The van der Waals surface area contributed by atoms with Gasteiger partial charge in [0.1, 0.15) is 11.6 Å². The van der Waals surface area contributed by atoms with E-state index in [9.17, 15) is 5.11 Å². The zero-order valence-electron chi connectivity index (χ0n) is 22.7. The van der Waals surface area contributed by atoms with Gasteiger partial charge in [0, 0.05) is 36.8 Å². The molecule has 1 saturated heterocycles. The monoisotopic (exact) mass is 523 g/mol. The normalized spacial score (nSPS) is 16.2. The van der Waals surface area contributed by atoms with Crippen molar-refractivity contribution in [2.24, 2.45) is 0 Å². The highest BCUT2D eigenvalue weighted by Crippen LogP contribution is 2.37. The number of aromatic nitrogens is 5. The van der Waals surface area contributed by atoms with E-state index in [0.717, 1.165) is 64.5 Å². The number of anilines is 1. The van der Waals surface area contributed by atoms with Gasteiger partial charge in [-0.15, -0.1) is 0 Å². The third-order valence-corrected chi connectivity index (χ3v) is 7.14. The third-order valence-electron chi connectivity index (χ3n) is 7.14. The van der Waals surface area contributed by atoms with Crippen molar-refractivity contribution in [3.63, 3.8) is 0 Å². The van der Waals surface area contributed by atoms with E-state index in [4.69, 9.17) is 14.5 Å². The topological polar surface area (TPSA) is 105 Å². The lowest BCUT2D eigenvalue weighted by Crippen LogP contribution is -2.46. The Kier molecular flexibility index (Phi) is 6.40. The molecular weight excluding hydrogens is 490 g/mol. The van der Waals surface area contributed by atoms with Crippen molar-refractivity contribution in [2.75, 3.05) is 24.5 Å². The van der Waals surface area contributed by atoms with Crippen molar-refractivity contribution in [3.05, 3.63) is 77.9 Å². The standard InChI is InChI=1S/C30H33N7O2/c1-19-27(20(2)39-35-19)22-10-11-25-24(14-22)29(37-13-12-31-16-26(37)21-8-6-5-7-9-21)34-28(33-25)23-15-32-36(17-23)18-30(3,4)38/h5-11,14-15,17,26,31,38H,12-13,16,18H2,1-4H3/t26-/m1/s1. The van der Waals surface area contributed by atoms with Gasteiger partial charge in [0.25, 0.3) is 0 Å². The van der Waals surface area contributed by atoms with Gasteiger partial charge in [-0.05, 0) is 51.0 Å². The number of aliphatic hydroxyl groups is 1. The van der Waals surface area contributed by atoms with Gasteiger partial charge in [-0.3, -0.25) is 4.68 Å². The summed E-state index contributed by atoms with van der Waals surface area (Å²) < 4.78 is 7.21. The smallest absolute Gasteiger partial charge is 0.165 e. The van der Waals surface area contributed by atoms with Gasteiger partial charge >= 0.3 is 0 Å². The molecule has 9 heteroatoms. The molecule has 0 saturated carbocycles. The van der Waals surface area contributed by atoms with E-state index in [1.54, 1.807) is 24.7 Å². The van der Waals surface area contributed by atoms with Crippen LogP contribution in [0.5, 0.6) is 0 Å². The van der Waals surface area contributed by atoms with E-state index in [0.29, 0.717) is 12.4 Å². The van der Waals surface area contributed by atoms with Crippen LogP contribution in [-0.2, 0) is 6.54 Å². The summed E-state index contributed by atoms with van der Waals surface area (Å²) in [7, 11) is 0. The first kappa shape index (κ1) is 25.2. The first-order chi connectivity index (χ1) is 18.8. The minimum atomic E-state index is -0.878. The molecule has 2 N–H and O–H groups in total. The lowest BCUT2D eigenvalue weighted by atomic mass is 10.00. The molecule has 3 aromatic heterocycles. The second-order valence-corrected chi connectivity index (χ2v) is 10.9. The molecule has 39 heavy (non-hydrogen) atoms. The molecular formula is C30H33N7O2.